The number of ether oxygens (including phenoxy) is 1. The van der Waals surface area contributed by atoms with E-state index in [0.29, 0.717) is 0 Å². The van der Waals surface area contributed by atoms with Crippen molar-refractivity contribution in [2.75, 3.05) is 20.7 Å². The molecule has 0 spiro atoms. The molecule has 1 aromatic carbocycles. The van der Waals surface area contributed by atoms with Crippen LogP contribution in [0.3, 0.4) is 0 Å². The summed E-state index contributed by atoms with van der Waals surface area (Å²) in [4.78, 5) is 0. The third kappa shape index (κ3) is 3.86. The molecular formula is C14H23NO. The Hall–Kier alpha value is -1.02. The van der Waals surface area contributed by atoms with Crippen molar-refractivity contribution < 1.29 is 4.74 Å². The van der Waals surface area contributed by atoms with E-state index in [1.165, 1.54) is 17.5 Å². The first kappa shape index (κ1) is 13.0. The van der Waals surface area contributed by atoms with Crippen LogP contribution >= 0.6 is 0 Å². The Kier molecular flexibility index (Phi) is 5.33. The number of nitrogens with one attached hydrogen (secondary N) is 1. The first-order valence-electron chi connectivity index (χ1n) is 5.95. The highest BCUT2D eigenvalue weighted by atomic mass is 16.5. The predicted molar refractivity (Wildman–Crippen MR) is 69.1 cm³/mol. The first-order valence-corrected chi connectivity index (χ1v) is 5.95. The van der Waals surface area contributed by atoms with Crippen molar-refractivity contribution in [2.45, 2.75) is 26.7 Å². The second-order valence-corrected chi connectivity index (χ2v) is 4.51. The molecule has 0 fully saturated rings. The van der Waals surface area contributed by atoms with Crippen molar-refractivity contribution >= 4 is 0 Å². The predicted octanol–water partition coefficient (Wildman–Crippen LogP) is 2.79. The zero-order valence-electron chi connectivity index (χ0n) is 10.8. The molecule has 16 heavy (non-hydrogen) atoms. The molecule has 1 N–H and O–H groups in total. The van der Waals surface area contributed by atoms with Crippen molar-refractivity contribution in [3.8, 4) is 5.75 Å². The van der Waals surface area contributed by atoms with E-state index < -0.39 is 0 Å². The van der Waals surface area contributed by atoms with Crippen molar-refractivity contribution in [3.63, 3.8) is 0 Å². The van der Waals surface area contributed by atoms with Crippen LogP contribution in [0.2, 0.25) is 0 Å². The molecular weight excluding hydrogens is 198 g/mol. The van der Waals surface area contributed by atoms with Gasteiger partial charge in [-0.1, -0.05) is 19.1 Å². The Bertz CT molecular complexity index is 323. The fraction of sp³-hybridized carbons (Fsp3) is 0.571. The van der Waals surface area contributed by atoms with Crippen LogP contribution in [0.5, 0.6) is 5.75 Å². The van der Waals surface area contributed by atoms with Gasteiger partial charge in [0.05, 0.1) is 7.11 Å². The lowest BCUT2D eigenvalue weighted by Gasteiger charge is -2.12. The van der Waals surface area contributed by atoms with Gasteiger partial charge < -0.3 is 10.1 Å². The number of aryl methyl sites for hydroxylation is 1. The normalized spacial score (nSPS) is 12.5. The minimum absolute atomic E-state index is 0.722. The van der Waals surface area contributed by atoms with Gasteiger partial charge in [0.2, 0.25) is 0 Å². The van der Waals surface area contributed by atoms with Crippen LogP contribution in [0.4, 0.5) is 0 Å². The second kappa shape index (κ2) is 6.54. The summed E-state index contributed by atoms with van der Waals surface area (Å²) in [5.41, 5.74) is 2.63. The average Bonchev–Trinajstić information content (AvgIpc) is 2.26. The van der Waals surface area contributed by atoms with E-state index in [4.69, 9.17) is 4.74 Å². The van der Waals surface area contributed by atoms with E-state index in [1.54, 1.807) is 7.11 Å². The summed E-state index contributed by atoms with van der Waals surface area (Å²) in [7, 11) is 3.72. The van der Waals surface area contributed by atoms with Crippen LogP contribution in [0.15, 0.2) is 18.2 Å². The fourth-order valence-corrected chi connectivity index (χ4v) is 1.96. The van der Waals surface area contributed by atoms with Crippen molar-refractivity contribution in [1.29, 1.82) is 0 Å². The molecule has 2 heteroatoms. The zero-order valence-corrected chi connectivity index (χ0v) is 10.8. The summed E-state index contributed by atoms with van der Waals surface area (Å²) in [6, 6.07) is 6.46. The molecule has 0 amide bonds. The maximum Gasteiger partial charge on any atom is 0.121 e. The number of methoxy groups -OCH3 is 1. The SMILES string of the molecule is CNCCC(C)Cc1ccc(OC)c(C)c1. The molecule has 2 nitrogen and oxygen atoms in total. The minimum atomic E-state index is 0.722. The number of benzene rings is 1. The number of rotatable bonds is 6. The number of hydrogen-bond acceptors (Lipinski definition) is 2. The molecule has 0 aliphatic rings. The Morgan fingerprint density at radius 3 is 2.69 bits per heavy atom. The van der Waals surface area contributed by atoms with Crippen LogP contribution in [-0.4, -0.2) is 20.7 Å². The van der Waals surface area contributed by atoms with E-state index in [1.807, 2.05) is 7.05 Å². The fourth-order valence-electron chi connectivity index (χ4n) is 1.96. The Morgan fingerprint density at radius 1 is 1.38 bits per heavy atom. The highest BCUT2D eigenvalue weighted by Crippen LogP contribution is 2.20. The van der Waals surface area contributed by atoms with Crippen LogP contribution in [0.25, 0.3) is 0 Å². The van der Waals surface area contributed by atoms with E-state index in [9.17, 15) is 0 Å². The van der Waals surface area contributed by atoms with Gasteiger partial charge in [-0.05, 0) is 56.5 Å². The van der Waals surface area contributed by atoms with Gasteiger partial charge in [0, 0.05) is 0 Å². The maximum atomic E-state index is 5.26. The largest absolute Gasteiger partial charge is 0.496 e. The number of hydrogen-bond donors (Lipinski definition) is 1. The Morgan fingerprint density at radius 2 is 2.12 bits per heavy atom. The summed E-state index contributed by atoms with van der Waals surface area (Å²) in [6.07, 6.45) is 2.37. The van der Waals surface area contributed by atoms with Crippen molar-refractivity contribution in [2.24, 2.45) is 5.92 Å². The Balaban J connectivity index is 2.57. The molecule has 0 aliphatic carbocycles. The molecule has 0 heterocycles. The van der Waals surface area contributed by atoms with Gasteiger partial charge >= 0.3 is 0 Å². The molecule has 1 atom stereocenters. The smallest absolute Gasteiger partial charge is 0.121 e. The molecule has 0 radical (unpaired) electrons. The lowest BCUT2D eigenvalue weighted by atomic mass is 9.97. The average molecular weight is 221 g/mol. The lowest BCUT2D eigenvalue weighted by molar-refractivity contribution is 0.411. The molecule has 1 unspecified atom stereocenters. The molecule has 0 bridgehead atoms. The van der Waals surface area contributed by atoms with Gasteiger partial charge in [0.1, 0.15) is 5.75 Å². The summed E-state index contributed by atoms with van der Waals surface area (Å²) >= 11 is 0. The van der Waals surface area contributed by atoms with Gasteiger partial charge in [0.25, 0.3) is 0 Å². The van der Waals surface area contributed by atoms with E-state index in [2.05, 4.69) is 37.4 Å². The molecule has 0 aromatic heterocycles. The maximum absolute atomic E-state index is 5.26. The summed E-state index contributed by atoms with van der Waals surface area (Å²) in [6.45, 7) is 5.49. The third-order valence-corrected chi connectivity index (χ3v) is 2.93. The monoisotopic (exact) mass is 221 g/mol. The van der Waals surface area contributed by atoms with Crippen LogP contribution in [-0.2, 0) is 6.42 Å². The van der Waals surface area contributed by atoms with Crippen molar-refractivity contribution in [1.82, 2.24) is 5.32 Å². The summed E-state index contributed by atoms with van der Waals surface area (Å²) in [5, 5.41) is 3.19. The van der Waals surface area contributed by atoms with Crippen LogP contribution in [0, 0.1) is 12.8 Å². The highest BCUT2D eigenvalue weighted by Gasteiger charge is 2.05. The van der Waals surface area contributed by atoms with Gasteiger partial charge in [0.15, 0.2) is 0 Å². The first-order chi connectivity index (χ1) is 7.67. The molecule has 0 saturated carbocycles. The second-order valence-electron chi connectivity index (χ2n) is 4.51. The van der Waals surface area contributed by atoms with E-state index >= 15 is 0 Å². The van der Waals surface area contributed by atoms with Crippen LogP contribution in [0.1, 0.15) is 24.5 Å². The molecule has 1 aromatic rings. The minimum Gasteiger partial charge on any atom is -0.496 e. The lowest BCUT2D eigenvalue weighted by Crippen LogP contribution is -2.12. The third-order valence-electron chi connectivity index (χ3n) is 2.93. The van der Waals surface area contributed by atoms with Gasteiger partial charge in [-0.2, -0.15) is 0 Å². The quantitative estimate of drug-likeness (QED) is 0.797. The molecule has 0 aliphatic heterocycles. The molecule has 1 rings (SSSR count). The van der Waals surface area contributed by atoms with E-state index in [-0.39, 0.29) is 0 Å². The summed E-state index contributed by atoms with van der Waals surface area (Å²) < 4.78 is 5.26. The molecule has 90 valence electrons. The highest BCUT2D eigenvalue weighted by molar-refractivity contribution is 5.36. The van der Waals surface area contributed by atoms with Gasteiger partial charge in [-0.3, -0.25) is 0 Å². The summed E-state index contributed by atoms with van der Waals surface area (Å²) in [5.74, 6) is 1.70. The topological polar surface area (TPSA) is 21.3 Å². The molecule has 0 saturated heterocycles. The Labute approximate surface area is 99.0 Å². The standard InChI is InChI=1S/C14H23NO/c1-11(7-8-15-3)9-13-5-6-14(16-4)12(2)10-13/h5-6,10-11,15H,7-9H2,1-4H3. The van der Waals surface area contributed by atoms with Crippen molar-refractivity contribution in [3.05, 3.63) is 29.3 Å². The van der Waals surface area contributed by atoms with Crippen LogP contribution < -0.4 is 10.1 Å². The van der Waals surface area contributed by atoms with Gasteiger partial charge in [-0.25, -0.2) is 0 Å². The van der Waals surface area contributed by atoms with E-state index in [0.717, 1.165) is 24.6 Å². The van der Waals surface area contributed by atoms with Gasteiger partial charge in [-0.15, -0.1) is 0 Å². The zero-order chi connectivity index (χ0) is 12.0.